The summed E-state index contributed by atoms with van der Waals surface area (Å²) in [5.41, 5.74) is 11.3. The molecule has 6 aromatic carbocycles. The van der Waals surface area contributed by atoms with Gasteiger partial charge in [-0.25, -0.2) is 30.2 Å². The first-order valence-corrected chi connectivity index (χ1v) is 33.5. The molecule has 2 amide bonds. The van der Waals surface area contributed by atoms with Crippen LogP contribution in [0.25, 0.3) is 34.2 Å². The molecule has 11 rings (SSSR count). The number of aromatic amines is 1. The molecular weight excluding hydrogens is 1740 g/mol. The average molecular weight is 1810 g/mol. The largest absolute Gasteiger partial charge is 0.501 e. The van der Waals surface area contributed by atoms with Crippen molar-refractivity contribution in [1.29, 1.82) is 0 Å². The van der Waals surface area contributed by atoms with Gasteiger partial charge in [-0.1, -0.05) is 121 Å². The number of nitrogens with zero attached hydrogens (tertiary/aromatic N) is 19. The van der Waals surface area contributed by atoms with Crippen LogP contribution in [-0.2, 0) is 23.6 Å². The summed E-state index contributed by atoms with van der Waals surface area (Å²) < 4.78 is 49.1. The minimum Gasteiger partial charge on any atom is -0.501 e. The van der Waals surface area contributed by atoms with Crippen molar-refractivity contribution < 1.29 is 97.7 Å². The zero-order chi connectivity index (χ0) is 90.5. The number of hydrogen-bond acceptors (Lipinski definition) is 36. The number of aromatic hydroxyl groups is 1. The predicted molar refractivity (Wildman–Crippen MR) is 433 cm³/mol. The topological polar surface area (TPSA) is 655 Å². The SMILES string of the molecule is C.C.CN(N)C(=O)c1c(Cl)cc(Cl)nc1Cl.COC(=O)c1cccc([N+](=O)[O-])c1O.COC(=O)c1cccc([N+](=O)[O-])c1OC.COc1c(-c2nn[nH]n2)cccc1[N+](=O)[O-].COc1c(-c2nnn(C)n2)cccc1[N+](=O)[O-].COc1c(C(N)=O)cccc1[N+](=O)[O-].COc1c(N)cccc1-c1nnn(C)n1.O=C(O)c1c(Cl)cc(Cl)nc1Cl.[2H]CF. The van der Waals surface area contributed by atoms with Crippen molar-refractivity contribution in [3.8, 4) is 68.7 Å². The summed E-state index contributed by atoms with van der Waals surface area (Å²) in [6, 6.07) is 28.7. The van der Waals surface area contributed by atoms with Gasteiger partial charge in [0.2, 0.25) is 46.2 Å². The van der Waals surface area contributed by atoms with E-state index in [0.29, 0.717) is 28.4 Å². The Labute approximate surface area is 712 Å². The van der Waals surface area contributed by atoms with Gasteiger partial charge >= 0.3 is 46.3 Å². The number of esters is 2. The number of carbonyl (C=O) groups is 5. The second kappa shape index (κ2) is 50.8. The number of aromatic nitrogens is 14. The van der Waals surface area contributed by atoms with E-state index in [1.165, 1.54) is 131 Å². The van der Waals surface area contributed by atoms with E-state index in [1.807, 2.05) is 12.1 Å². The van der Waals surface area contributed by atoms with E-state index >= 15 is 0 Å². The fraction of sp³-hybridized carbons (Fsp3) is 0.194. The van der Waals surface area contributed by atoms with Crippen molar-refractivity contribution in [2.75, 3.05) is 69.7 Å². The van der Waals surface area contributed by atoms with Crippen LogP contribution in [0.3, 0.4) is 0 Å². The molecule has 0 fully saturated rings. The number of nitrogens with two attached hydrogens (primary N) is 3. The lowest BCUT2D eigenvalue weighted by molar-refractivity contribution is -0.386. The number of amides is 2. The molecule has 0 saturated carbocycles. The van der Waals surface area contributed by atoms with Crippen LogP contribution < -0.4 is 41.0 Å². The van der Waals surface area contributed by atoms with Gasteiger partial charge in [-0.05, 0) is 70.2 Å². The molecule has 0 atom stereocenters. The number of nitrogen functional groups attached to an aromatic ring is 1. The number of nitro groups is 5. The van der Waals surface area contributed by atoms with Gasteiger partial charge in [-0.2, -0.15) is 14.8 Å². The van der Waals surface area contributed by atoms with Crippen LogP contribution in [-0.4, -0.2) is 205 Å². The molecule has 646 valence electrons. The minimum atomic E-state index is -1.23. The molecule has 0 saturated heterocycles. The summed E-state index contributed by atoms with van der Waals surface area (Å²) >= 11 is 33.5. The van der Waals surface area contributed by atoms with Crippen LogP contribution in [0, 0.1) is 50.6 Å². The number of hydrogen-bond donors (Lipinski definition) is 6. The number of hydrazine groups is 1. The number of aromatic carboxylic acids is 1. The van der Waals surface area contributed by atoms with E-state index in [9.17, 15) is 84.0 Å². The fourth-order valence-electron chi connectivity index (χ4n) is 8.79. The summed E-state index contributed by atoms with van der Waals surface area (Å²) in [4.78, 5) is 115. The van der Waals surface area contributed by atoms with Gasteiger partial charge in [0.25, 0.3) is 11.8 Å². The van der Waals surface area contributed by atoms with Crippen LogP contribution >= 0.6 is 69.6 Å². The highest BCUT2D eigenvalue weighted by Crippen LogP contribution is 2.39. The Balaban J connectivity index is 0.000000693. The number of aryl methyl sites for hydroxylation is 2. The van der Waals surface area contributed by atoms with Crippen LogP contribution in [0.4, 0.5) is 38.5 Å². The molecule has 0 aliphatic carbocycles. The van der Waals surface area contributed by atoms with Crippen molar-refractivity contribution in [2.45, 2.75) is 14.9 Å². The Kier molecular flexibility index (Phi) is 43.0. The monoisotopic (exact) mass is 1810 g/mol. The van der Waals surface area contributed by atoms with Crippen LogP contribution in [0.15, 0.2) is 121 Å². The van der Waals surface area contributed by atoms with Crippen molar-refractivity contribution in [3.05, 3.63) is 230 Å². The maximum absolute atomic E-state index is 11.4. The number of carboxylic acid groups (broad SMARTS) is 1. The van der Waals surface area contributed by atoms with E-state index in [1.54, 1.807) is 45.5 Å². The number of para-hydroxylation sites is 6. The van der Waals surface area contributed by atoms with E-state index in [0.717, 1.165) is 23.7 Å². The van der Waals surface area contributed by atoms with E-state index < -0.39 is 72.9 Å². The summed E-state index contributed by atoms with van der Waals surface area (Å²) in [7, 11) is 12.8. The Hall–Kier alpha value is -14.6. The molecule has 0 radical (unpaired) electrons. The first kappa shape index (κ1) is 102. The molecule has 0 spiro atoms. The second-order valence-corrected chi connectivity index (χ2v) is 23.3. The third-order valence-corrected chi connectivity index (χ3v) is 15.3. The number of ether oxygens (including phenoxy) is 7. The zero-order valence-corrected chi connectivity index (χ0v) is 67.0. The Morgan fingerprint density at radius 2 is 0.860 bits per heavy atom. The summed E-state index contributed by atoms with van der Waals surface area (Å²) in [5, 5.41) is 108. The Bertz CT molecular complexity index is 5400. The quantitative estimate of drug-likeness (QED) is 0.00883. The molecule has 47 nitrogen and oxygen atoms in total. The first-order valence-electron chi connectivity index (χ1n) is 31.9. The van der Waals surface area contributed by atoms with Crippen molar-refractivity contribution in [3.63, 3.8) is 0 Å². The number of phenols is 1. The van der Waals surface area contributed by atoms with Crippen LogP contribution in [0.2, 0.25) is 30.7 Å². The Morgan fingerprint density at radius 1 is 0.521 bits per heavy atom. The third-order valence-electron chi connectivity index (χ3n) is 13.7. The predicted octanol–water partition coefficient (Wildman–Crippen LogP) is 11.8. The number of carbonyl (C=O) groups excluding carboxylic acids is 4. The molecule has 0 bridgehead atoms. The number of rotatable bonds is 18. The molecule has 0 aliphatic rings. The molecule has 5 aromatic heterocycles. The van der Waals surface area contributed by atoms with Gasteiger partial charge in [0.15, 0.2) is 5.75 Å². The number of anilines is 1. The van der Waals surface area contributed by atoms with Gasteiger partial charge in [-0.15, -0.1) is 30.6 Å². The molecule has 9 N–H and O–H groups in total. The van der Waals surface area contributed by atoms with Gasteiger partial charge in [0, 0.05) is 37.4 Å². The van der Waals surface area contributed by atoms with Crippen molar-refractivity contribution in [1.82, 2.24) is 76.0 Å². The molecule has 0 unspecified atom stereocenters. The second-order valence-electron chi connectivity index (χ2n) is 21.0. The zero-order valence-electron chi connectivity index (χ0n) is 63.5. The number of H-pyrrole nitrogens is 1. The number of nitro benzene ring substituents is 5. The smallest absolute Gasteiger partial charge is 0.341 e. The number of nitrogens with one attached hydrogen (secondary N) is 1. The number of phenolic OH excluding ortho intramolecular Hbond substituents is 1. The number of primary amides is 1. The lowest BCUT2D eigenvalue weighted by Gasteiger charge is -2.11. The molecule has 121 heavy (non-hydrogen) atoms. The highest BCUT2D eigenvalue weighted by atomic mass is 35.5. The maximum Gasteiger partial charge on any atom is 0.341 e. The van der Waals surface area contributed by atoms with Gasteiger partial charge in [0.05, 0.1) is 141 Å². The first-order chi connectivity index (χ1) is 56.7. The number of carboxylic acids is 1. The maximum atomic E-state index is 11.4. The van der Waals surface area contributed by atoms with Crippen LogP contribution in [0.1, 0.15) is 68.0 Å². The van der Waals surface area contributed by atoms with Crippen molar-refractivity contribution in [2.24, 2.45) is 25.7 Å². The number of tetrazole rings is 3. The van der Waals surface area contributed by atoms with E-state index in [-0.39, 0.29) is 131 Å². The lowest BCUT2D eigenvalue weighted by atomic mass is 10.1. The lowest BCUT2D eigenvalue weighted by Crippen LogP contribution is -2.33. The molecular formula is C67H70Cl6FN23O24. The van der Waals surface area contributed by atoms with Crippen LogP contribution in [0.5, 0.6) is 34.5 Å². The fourth-order valence-corrected chi connectivity index (χ4v) is 10.6. The standard InChI is InChI=1S/C9H9N5O3.C9H11N5O.C9H9NO5.C8H7N5O3.C8H8N2O4.C8H7NO5.C7H6Cl3N3O.C6H2Cl3NO2.CH3F.2CH4/c1-13-11-9(10-12-13)6-4-3-5-7(14(15)16)8(6)17-2;1-14-12-9(11-13-14)6-4-3-5-7(10)8(6)15-2;1-14-8-6(9(11)15-2)4-3-5-7(8)10(12)13;1-16-7-5(8-9-11-12-10-8)3-2-4-6(7)13(14)15;1-14-7-5(8(9)11)3-2-4-6(7)10(12)13;1-14-8(11)5-3-2-4-6(7(5)10)9(12)13;1-13(11)7(14)5-3(8)2-4(9)12-6(5)10;7-2-1-3(8)10-5(9)4(2)6(11)12;1-2;;/h3-5H,1-2H3;3-5H,10H2,1-2H3;3-5H,1-2H3;2-4H,1H3,(H,9,10,11,12);2-4H,1H3,(H2,9,11);2-4,10H,1H3;2H,11H2,1H3;1H,(H,11,12);1H3;2*1H4/i;;;;;;;;1D;;. The number of pyridine rings is 2. The number of benzene rings is 6. The highest BCUT2D eigenvalue weighted by molar-refractivity contribution is 6.41. The highest BCUT2D eigenvalue weighted by Gasteiger charge is 2.27. The number of alkyl halides is 1. The van der Waals surface area contributed by atoms with E-state index in [2.05, 4.69) is 70.9 Å². The normalized spacial score (nSPS) is 9.72. The summed E-state index contributed by atoms with van der Waals surface area (Å²) in [6.07, 6.45) is 0. The number of methoxy groups -OCH3 is 7. The van der Waals surface area contributed by atoms with E-state index in [4.69, 9.17) is 117 Å². The minimum absolute atomic E-state index is 0. The van der Waals surface area contributed by atoms with Gasteiger partial charge in [-0.3, -0.25) is 69.6 Å². The molecule has 11 aromatic rings. The van der Waals surface area contributed by atoms with Gasteiger partial charge in [0.1, 0.15) is 37.3 Å². The Morgan fingerprint density at radius 3 is 1.20 bits per heavy atom. The molecule has 0 aliphatic heterocycles. The van der Waals surface area contributed by atoms with Gasteiger partial charge < -0.3 is 54.8 Å². The van der Waals surface area contributed by atoms with Crippen molar-refractivity contribution >= 4 is 133 Å². The summed E-state index contributed by atoms with van der Waals surface area (Å²) in [5.74, 6) is 2.24. The molecule has 5 heterocycles. The third kappa shape index (κ3) is 29.2. The average Bonchev–Trinajstić information content (AvgIpc) is 1.63. The molecule has 54 heteroatoms. The number of halogens is 7. The summed E-state index contributed by atoms with van der Waals surface area (Å²) in [6.45, 7) is 0.